The van der Waals surface area contributed by atoms with Gasteiger partial charge < -0.3 is 14.9 Å². The Morgan fingerprint density at radius 3 is 2.43 bits per heavy atom. The molecule has 6 heteroatoms. The van der Waals surface area contributed by atoms with Crippen LogP contribution in [0.15, 0.2) is 72.2 Å². The van der Waals surface area contributed by atoms with Crippen LogP contribution in [-0.2, 0) is 6.42 Å². The smallest absolute Gasteiger partial charge is 0.206 e. The molecule has 0 atom stereocenters. The number of hydrazone groups is 1. The summed E-state index contributed by atoms with van der Waals surface area (Å²) in [5.74, 6) is -0.169. The van der Waals surface area contributed by atoms with Gasteiger partial charge in [0.05, 0.1) is 0 Å². The molecular weight excluding hydrogens is 288 g/mol. The van der Waals surface area contributed by atoms with Crippen molar-refractivity contribution in [3.8, 4) is 11.4 Å². The summed E-state index contributed by atoms with van der Waals surface area (Å²) in [4.78, 5) is 0. The Hall–Kier alpha value is -3.28. The third-order valence-electron chi connectivity index (χ3n) is 3.44. The normalized spacial score (nSPS) is 11.0. The Balaban J connectivity index is 1.76. The average Bonchev–Trinajstić information content (AvgIpc) is 3.23. The molecule has 0 saturated heterocycles. The minimum atomic E-state index is -0.169. The SMILES string of the molecule is N=C(N)N/N=C/Cc1cccn1-c1ccc(-n2cccc2)cc1. The molecule has 0 radical (unpaired) electrons. The molecule has 1 aromatic carbocycles. The third kappa shape index (κ3) is 3.49. The summed E-state index contributed by atoms with van der Waals surface area (Å²) < 4.78 is 4.18. The van der Waals surface area contributed by atoms with Crippen molar-refractivity contribution >= 4 is 12.2 Å². The highest BCUT2D eigenvalue weighted by molar-refractivity contribution is 5.75. The molecule has 0 saturated carbocycles. The maximum absolute atomic E-state index is 7.05. The molecule has 4 N–H and O–H groups in total. The minimum absolute atomic E-state index is 0.169. The van der Waals surface area contributed by atoms with Gasteiger partial charge in [0.15, 0.2) is 0 Å². The van der Waals surface area contributed by atoms with E-state index in [0.29, 0.717) is 6.42 Å². The second-order valence-corrected chi connectivity index (χ2v) is 5.02. The van der Waals surface area contributed by atoms with Crippen molar-refractivity contribution in [2.45, 2.75) is 6.42 Å². The maximum Gasteiger partial charge on any atom is 0.206 e. The number of benzene rings is 1. The lowest BCUT2D eigenvalue weighted by Gasteiger charge is -2.09. The topological polar surface area (TPSA) is 84.1 Å². The second kappa shape index (κ2) is 6.65. The van der Waals surface area contributed by atoms with E-state index in [1.165, 1.54) is 0 Å². The zero-order valence-corrected chi connectivity index (χ0v) is 12.6. The van der Waals surface area contributed by atoms with Crippen LogP contribution in [-0.4, -0.2) is 21.3 Å². The molecule has 3 rings (SSSR count). The largest absolute Gasteiger partial charge is 0.369 e. The molecule has 3 aromatic rings. The lowest BCUT2D eigenvalue weighted by Crippen LogP contribution is -2.25. The molecule has 116 valence electrons. The number of nitrogens with zero attached hydrogens (tertiary/aromatic N) is 3. The molecular formula is C17H18N6. The zero-order chi connectivity index (χ0) is 16.1. The fraction of sp³-hybridized carbons (Fsp3) is 0.0588. The fourth-order valence-electron chi connectivity index (χ4n) is 2.38. The van der Waals surface area contributed by atoms with Crippen LogP contribution in [0.2, 0.25) is 0 Å². The number of nitrogens with two attached hydrogens (primary N) is 1. The summed E-state index contributed by atoms with van der Waals surface area (Å²) in [6, 6.07) is 16.4. The Kier molecular flexibility index (Phi) is 4.24. The van der Waals surface area contributed by atoms with Crippen LogP contribution in [0.4, 0.5) is 0 Å². The van der Waals surface area contributed by atoms with Gasteiger partial charge >= 0.3 is 0 Å². The second-order valence-electron chi connectivity index (χ2n) is 5.02. The Morgan fingerprint density at radius 2 is 1.74 bits per heavy atom. The first-order valence-corrected chi connectivity index (χ1v) is 7.25. The molecule has 0 fully saturated rings. The molecule has 0 amide bonds. The molecule has 0 aliphatic carbocycles. The van der Waals surface area contributed by atoms with Crippen molar-refractivity contribution in [1.29, 1.82) is 5.41 Å². The van der Waals surface area contributed by atoms with E-state index in [1.807, 2.05) is 42.9 Å². The van der Waals surface area contributed by atoms with Crippen molar-refractivity contribution in [3.05, 3.63) is 72.8 Å². The van der Waals surface area contributed by atoms with E-state index in [1.54, 1.807) is 6.21 Å². The van der Waals surface area contributed by atoms with Gasteiger partial charge in [0.1, 0.15) is 0 Å². The first-order valence-electron chi connectivity index (χ1n) is 7.25. The zero-order valence-electron chi connectivity index (χ0n) is 12.6. The first kappa shape index (κ1) is 14.6. The van der Waals surface area contributed by atoms with Gasteiger partial charge in [-0.2, -0.15) is 5.10 Å². The summed E-state index contributed by atoms with van der Waals surface area (Å²) in [5.41, 5.74) is 10.9. The van der Waals surface area contributed by atoms with E-state index in [2.05, 4.69) is 43.9 Å². The molecule has 0 aliphatic heterocycles. The van der Waals surface area contributed by atoms with E-state index in [-0.39, 0.29) is 5.96 Å². The minimum Gasteiger partial charge on any atom is -0.369 e. The van der Waals surface area contributed by atoms with Crippen LogP contribution in [0.1, 0.15) is 5.69 Å². The highest BCUT2D eigenvalue weighted by Crippen LogP contribution is 2.16. The number of rotatable bonds is 5. The number of guanidine groups is 1. The highest BCUT2D eigenvalue weighted by Gasteiger charge is 2.03. The molecule has 0 bridgehead atoms. The van der Waals surface area contributed by atoms with Gasteiger partial charge in [0.2, 0.25) is 5.96 Å². The summed E-state index contributed by atoms with van der Waals surface area (Å²) >= 11 is 0. The van der Waals surface area contributed by atoms with Crippen molar-refractivity contribution in [3.63, 3.8) is 0 Å². The lowest BCUT2D eigenvalue weighted by atomic mass is 10.2. The first-order chi connectivity index (χ1) is 11.2. The molecule has 23 heavy (non-hydrogen) atoms. The highest BCUT2D eigenvalue weighted by atomic mass is 15.3. The fourth-order valence-corrected chi connectivity index (χ4v) is 2.38. The van der Waals surface area contributed by atoms with Crippen LogP contribution >= 0.6 is 0 Å². The van der Waals surface area contributed by atoms with Crippen LogP contribution < -0.4 is 11.2 Å². The van der Waals surface area contributed by atoms with Crippen molar-refractivity contribution in [2.75, 3.05) is 0 Å². The van der Waals surface area contributed by atoms with Gasteiger partial charge in [0.25, 0.3) is 0 Å². The Morgan fingerprint density at radius 1 is 1.04 bits per heavy atom. The van der Waals surface area contributed by atoms with E-state index in [4.69, 9.17) is 11.1 Å². The number of hydrogen-bond acceptors (Lipinski definition) is 2. The van der Waals surface area contributed by atoms with E-state index in [0.717, 1.165) is 17.1 Å². The van der Waals surface area contributed by atoms with Crippen LogP contribution in [0.25, 0.3) is 11.4 Å². The van der Waals surface area contributed by atoms with Gasteiger partial charge in [-0.25, -0.2) is 5.43 Å². The van der Waals surface area contributed by atoms with Crippen molar-refractivity contribution < 1.29 is 0 Å². The summed E-state index contributed by atoms with van der Waals surface area (Å²) in [7, 11) is 0. The summed E-state index contributed by atoms with van der Waals surface area (Å²) in [5, 5.41) is 10.9. The standard InChI is InChI=1S/C17H18N6/c18-17(19)21-20-10-9-15-4-3-13-23(15)16-7-5-14(6-8-16)22-11-1-2-12-22/h1-8,10-13H,9H2,(H4,18,19,21)/b20-10+. The molecule has 0 unspecified atom stereocenters. The van der Waals surface area contributed by atoms with Crippen LogP contribution in [0, 0.1) is 5.41 Å². The number of aromatic nitrogens is 2. The Labute approximate surface area is 134 Å². The predicted molar refractivity (Wildman–Crippen MR) is 92.3 cm³/mol. The third-order valence-corrected chi connectivity index (χ3v) is 3.44. The number of nitrogens with one attached hydrogen (secondary N) is 2. The van der Waals surface area contributed by atoms with Crippen LogP contribution in [0.5, 0.6) is 0 Å². The summed E-state index contributed by atoms with van der Waals surface area (Å²) in [6.07, 6.45) is 8.41. The molecule has 0 aliphatic rings. The van der Waals surface area contributed by atoms with Gasteiger partial charge in [-0.3, -0.25) is 5.41 Å². The monoisotopic (exact) mass is 306 g/mol. The van der Waals surface area contributed by atoms with E-state index < -0.39 is 0 Å². The molecule has 2 aromatic heterocycles. The van der Waals surface area contributed by atoms with Gasteiger partial charge in [-0.1, -0.05) is 0 Å². The van der Waals surface area contributed by atoms with Crippen molar-refractivity contribution in [1.82, 2.24) is 14.6 Å². The maximum atomic E-state index is 7.05. The quantitative estimate of drug-likeness (QED) is 0.384. The summed E-state index contributed by atoms with van der Waals surface area (Å²) in [6.45, 7) is 0. The van der Waals surface area contributed by atoms with Gasteiger partial charge in [-0.15, -0.1) is 0 Å². The predicted octanol–water partition coefficient (Wildman–Crippen LogP) is 2.28. The van der Waals surface area contributed by atoms with Gasteiger partial charge in [-0.05, 0) is 48.5 Å². The van der Waals surface area contributed by atoms with Crippen LogP contribution in [0.3, 0.4) is 0 Å². The lowest BCUT2D eigenvalue weighted by molar-refractivity contribution is 0.965. The Bertz CT molecular complexity index is 796. The van der Waals surface area contributed by atoms with Crippen molar-refractivity contribution in [2.24, 2.45) is 10.8 Å². The van der Waals surface area contributed by atoms with E-state index in [9.17, 15) is 0 Å². The molecule has 6 nitrogen and oxygen atoms in total. The molecule has 0 spiro atoms. The van der Waals surface area contributed by atoms with Gasteiger partial charge in [0, 0.05) is 48.3 Å². The average molecular weight is 306 g/mol. The van der Waals surface area contributed by atoms with E-state index >= 15 is 0 Å². The number of hydrogen-bond donors (Lipinski definition) is 3. The molecule has 2 heterocycles.